The summed E-state index contributed by atoms with van der Waals surface area (Å²) in [5, 5.41) is 0. The fourth-order valence-electron chi connectivity index (χ4n) is 2.53. The predicted molar refractivity (Wildman–Crippen MR) is 101 cm³/mol. The van der Waals surface area contributed by atoms with Gasteiger partial charge in [0.15, 0.2) is 11.5 Å². The number of rotatable bonds is 10. The van der Waals surface area contributed by atoms with Crippen LogP contribution in [0.25, 0.3) is 0 Å². The van der Waals surface area contributed by atoms with E-state index >= 15 is 0 Å². The maximum atomic E-state index is 5.69. The summed E-state index contributed by atoms with van der Waals surface area (Å²) in [5.74, 6) is 3.61. The topological polar surface area (TPSA) is 73.8 Å². The molecule has 0 spiro atoms. The van der Waals surface area contributed by atoms with Crippen LogP contribution >= 0.6 is 0 Å². The molecule has 9 heteroatoms. The van der Waals surface area contributed by atoms with Gasteiger partial charge in [-0.25, -0.2) is 0 Å². The van der Waals surface area contributed by atoms with E-state index < -0.39 is 0 Å². The van der Waals surface area contributed by atoms with Gasteiger partial charge in [0.1, 0.15) is 11.5 Å². The van der Waals surface area contributed by atoms with Crippen LogP contribution in [0.3, 0.4) is 0 Å². The minimum absolute atomic E-state index is 0.0995. The first-order chi connectivity index (χ1) is 13.1. The first-order valence-corrected chi connectivity index (χ1v) is 7.98. The van der Waals surface area contributed by atoms with Crippen molar-refractivity contribution in [3.8, 4) is 46.0 Å². The van der Waals surface area contributed by atoms with Crippen molar-refractivity contribution in [1.29, 1.82) is 0 Å². The molecule has 27 heavy (non-hydrogen) atoms. The Balaban J connectivity index is 2.20. The second-order valence-corrected chi connectivity index (χ2v) is 5.07. The molecule has 0 aliphatic carbocycles. The fraction of sp³-hybridized carbons (Fsp3) is 0.333. The van der Waals surface area contributed by atoms with Crippen molar-refractivity contribution in [2.45, 2.75) is 0 Å². The molecule has 0 unspecified atom stereocenters. The maximum Gasteiger partial charge on any atom is 0.576 e. The van der Waals surface area contributed by atoms with E-state index in [1.165, 1.54) is 28.4 Å². The molecule has 0 atom stereocenters. The first-order valence-electron chi connectivity index (χ1n) is 7.98. The normalized spacial score (nSPS) is 9.85. The van der Waals surface area contributed by atoms with Gasteiger partial charge in [0.05, 0.1) is 42.7 Å². The van der Waals surface area contributed by atoms with E-state index in [0.29, 0.717) is 46.0 Å². The number of benzene rings is 2. The predicted octanol–water partition coefficient (Wildman–Crippen LogP) is 2.46. The molecular formula is C18H23BO8. The minimum Gasteiger partial charge on any atom is -0.526 e. The van der Waals surface area contributed by atoms with Crippen LogP contribution in [-0.2, 0) is 0 Å². The van der Waals surface area contributed by atoms with Gasteiger partial charge in [-0.05, 0) is 24.3 Å². The van der Waals surface area contributed by atoms with E-state index in [2.05, 4.69) is 0 Å². The molecule has 2 rings (SSSR count). The van der Waals surface area contributed by atoms with Gasteiger partial charge in [-0.1, -0.05) is 0 Å². The molecule has 2 aromatic carbocycles. The molecule has 0 heterocycles. The second-order valence-electron chi connectivity index (χ2n) is 5.07. The summed E-state index contributed by atoms with van der Waals surface area (Å²) in [6, 6.07) is 6.84. The Kier molecular flexibility index (Phi) is 7.16. The average Bonchev–Trinajstić information content (AvgIpc) is 2.72. The van der Waals surface area contributed by atoms with E-state index in [1.807, 2.05) is 0 Å². The van der Waals surface area contributed by atoms with Crippen molar-refractivity contribution >= 4 is 7.69 Å². The zero-order chi connectivity index (χ0) is 19.8. The third kappa shape index (κ3) is 4.19. The van der Waals surface area contributed by atoms with Gasteiger partial charge >= 0.3 is 7.69 Å². The summed E-state index contributed by atoms with van der Waals surface area (Å²) in [7, 11) is 9.07. The Labute approximate surface area is 159 Å². The third-order valence-electron chi connectivity index (χ3n) is 3.76. The maximum absolute atomic E-state index is 5.69. The standard InChI is InChI=1S/C18H23BO8/c1-20-11-7-9-13(17(24-5)15(11)22-3)26-19-27-14-10-8-12(21-2)16(23-4)18(14)25-6/h7-10,19H,1-6H3. The Morgan fingerprint density at radius 2 is 0.741 bits per heavy atom. The molecule has 0 fully saturated rings. The highest BCUT2D eigenvalue weighted by Gasteiger charge is 2.20. The Morgan fingerprint density at radius 1 is 0.444 bits per heavy atom. The summed E-state index contributed by atoms with van der Waals surface area (Å²) in [5.41, 5.74) is 0. The number of ether oxygens (including phenoxy) is 6. The lowest BCUT2D eigenvalue weighted by atomic mass is 10.2. The Morgan fingerprint density at radius 3 is 1.04 bits per heavy atom. The lowest BCUT2D eigenvalue weighted by molar-refractivity contribution is 0.310. The Hall–Kier alpha value is -3.10. The summed E-state index contributed by atoms with van der Waals surface area (Å²) >= 11 is 0. The lowest BCUT2D eigenvalue weighted by Crippen LogP contribution is -2.13. The van der Waals surface area contributed by atoms with Crippen LogP contribution < -0.4 is 37.7 Å². The van der Waals surface area contributed by atoms with E-state index in [4.69, 9.17) is 37.7 Å². The van der Waals surface area contributed by atoms with Crippen LogP contribution in [0.1, 0.15) is 0 Å². The fourth-order valence-corrected chi connectivity index (χ4v) is 2.53. The molecule has 2 aromatic rings. The van der Waals surface area contributed by atoms with Gasteiger partial charge in [0.25, 0.3) is 0 Å². The molecule has 0 aromatic heterocycles. The van der Waals surface area contributed by atoms with Crippen LogP contribution in [0.4, 0.5) is 0 Å². The van der Waals surface area contributed by atoms with E-state index in [1.54, 1.807) is 38.5 Å². The van der Waals surface area contributed by atoms with Crippen LogP contribution in [0, 0.1) is 0 Å². The van der Waals surface area contributed by atoms with Crippen molar-refractivity contribution in [2.75, 3.05) is 42.7 Å². The average molecular weight is 378 g/mol. The quantitative estimate of drug-likeness (QED) is 0.584. The summed E-state index contributed by atoms with van der Waals surface area (Å²) in [6.07, 6.45) is 0. The molecule has 8 nitrogen and oxygen atoms in total. The van der Waals surface area contributed by atoms with E-state index in [-0.39, 0.29) is 7.69 Å². The monoisotopic (exact) mass is 378 g/mol. The molecular weight excluding hydrogens is 355 g/mol. The van der Waals surface area contributed by atoms with Crippen molar-refractivity contribution in [3.63, 3.8) is 0 Å². The molecule has 0 bridgehead atoms. The van der Waals surface area contributed by atoms with Gasteiger partial charge in [0.2, 0.25) is 23.0 Å². The van der Waals surface area contributed by atoms with Gasteiger partial charge in [0, 0.05) is 0 Å². The smallest absolute Gasteiger partial charge is 0.526 e. The van der Waals surface area contributed by atoms with Crippen LogP contribution in [0.5, 0.6) is 46.0 Å². The van der Waals surface area contributed by atoms with Crippen LogP contribution in [0.15, 0.2) is 24.3 Å². The second kappa shape index (κ2) is 9.56. The number of methoxy groups -OCH3 is 6. The van der Waals surface area contributed by atoms with Gasteiger partial charge in [-0.2, -0.15) is 0 Å². The highest BCUT2D eigenvalue weighted by Crippen LogP contribution is 2.45. The number of hydrogen-bond donors (Lipinski definition) is 0. The minimum atomic E-state index is -0.0995. The van der Waals surface area contributed by atoms with Crippen LogP contribution in [-0.4, -0.2) is 50.3 Å². The molecule has 0 aliphatic heterocycles. The summed E-state index contributed by atoms with van der Waals surface area (Å²) < 4.78 is 43.3. The zero-order valence-electron chi connectivity index (χ0n) is 16.3. The third-order valence-corrected chi connectivity index (χ3v) is 3.76. The lowest BCUT2D eigenvalue weighted by Gasteiger charge is -2.18. The molecule has 0 N–H and O–H groups in total. The highest BCUT2D eigenvalue weighted by atomic mass is 16.6. The van der Waals surface area contributed by atoms with Gasteiger partial charge in [-0.15, -0.1) is 0 Å². The SMILES string of the molecule is COc1ccc(OBOc2ccc(OC)c(OC)c2OC)c(OC)c1OC. The van der Waals surface area contributed by atoms with E-state index in [9.17, 15) is 0 Å². The molecule has 0 saturated heterocycles. The molecule has 0 amide bonds. The van der Waals surface area contributed by atoms with Crippen molar-refractivity contribution in [1.82, 2.24) is 0 Å². The number of hydrogen-bond acceptors (Lipinski definition) is 8. The Bertz CT molecular complexity index is 702. The van der Waals surface area contributed by atoms with Gasteiger partial charge < -0.3 is 37.7 Å². The van der Waals surface area contributed by atoms with Crippen LogP contribution in [0.2, 0.25) is 0 Å². The van der Waals surface area contributed by atoms with Gasteiger partial charge in [-0.3, -0.25) is 0 Å². The van der Waals surface area contributed by atoms with Crippen molar-refractivity contribution in [3.05, 3.63) is 24.3 Å². The molecule has 0 aliphatic rings. The first kappa shape index (κ1) is 20.2. The largest absolute Gasteiger partial charge is 0.576 e. The zero-order valence-corrected chi connectivity index (χ0v) is 16.3. The summed E-state index contributed by atoms with van der Waals surface area (Å²) in [6.45, 7) is 0. The highest BCUT2D eigenvalue weighted by molar-refractivity contribution is 6.21. The van der Waals surface area contributed by atoms with Crippen molar-refractivity contribution in [2.24, 2.45) is 0 Å². The summed E-state index contributed by atoms with van der Waals surface area (Å²) in [4.78, 5) is 0. The van der Waals surface area contributed by atoms with Crippen molar-refractivity contribution < 1.29 is 37.7 Å². The van der Waals surface area contributed by atoms with E-state index in [0.717, 1.165) is 0 Å². The molecule has 0 radical (unpaired) electrons. The molecule has 146 valence electrons. The molecule has 0 saturated carbocycles.